The Labute approximate surface area is 126 Å². The van der Waals surface area contributed by atoms with Crippen molar-refractivity contribution in [1.29, 1.82) is 0 Å². The van der Waals surface area contributed by atoms with Gasteiger partial charge in [-0.25, -0.2) is 4.79 Å². The zero-order chi connectivity index (χ0) is 16.0. The zero-order valence-corrected chi connectivity index (χ0v) is 12.2. The number of aryl methyl sites for hydroxylation is 1. The highest BCUT2D eigenvalue weighted by atomic mass is 35.5. The van der Waals surface area contributed by atoms with Gasteiger partial charge < -0.3 is 15.5 Å². The molecule has 0 aromatic heterocycles. The number of carboxylic acid groups (broad SMARTS) is 2. The Bertz CT molecular complexity index is 558. The molecule has 0 spiro atoms. The lowest BCUT2D eigenvalue weighted by Crippen LogP contribution is -2.40. The molecule has 0 unspecified atom stereocenters. The highest BCUT2D eigenvalue weighted by molar-refractivity contribution is 6.33. The summed E-state index contributed by atoms with van der Waals surface area (Å²) in [5, 5.41) is 20.2. The lowest BCUT2D eigenvalue weighted by atomic mass is 10.1. The standard InChI is InChI=1S/C14H16ClNO5/c1-8-5-6-9(10(15)7-8)13(19)16-11(14(20)21)3-2-4-12(17)18/h5-7,11H,2-4H2,1H3,(H,16,19)(H,17,18)(H,20,21)/t11-/m1/s1. The molecule has 0 heterocycles. The van der Waals surface area contributed by atoms with Gasteiger partial charge in [-0.05, 0) is 37.5 Å². The number of carboxylic acids is 2. The number of carbonyl (C=O) groups excluding carboxylic acids is 1. The molecule has 3 N–H and O–H groups in total. The third kappa shape index (κ3) is 5.43. The second-order valence-electron chi connectivity index (χ2n) is 4.63. The Balaban J connectivity index is 2.72. The molecule has 7 heteroatoms. The van der Waals surface area contributed by atoms with Crippen molar-refractivity contribution in [3.8, 4) is 0 Å². The first-order valence-electron chi connectivity index (χ1n) is 6.33. The first kappa shape index (κ1) is 17.0. The number of carbonyl (C=O) groups is 3. The Morgan fingerprint density at radius 2 is 1.95 bits per heavy atom. The predicted octanol–water partition coefficient (Wildman–Crippen LogP) is 2.09. The smallest absolute Gasteiger partial charge is 0.326 e. The molecule has 0 bridgehead atoms. The van der Waals surface area contributed by atoms with Gasteiger partial charge in [-0.3, -0.25) is 9.59 Å². The summed E-state index contributed by atoms with van der Waals surface area (Å²) in [6.45, 7) is 1.82. The summed E-state index contributed by atoms with van der Waals surface area (Å²) < 4.78 is 0. The van der Waals surface area contributed by atoms with Gasteiger partial charge >= 0.3 is 11.9 Å². The highest BCUT2D eigenvalue weighted by Gasteiger charge is 2.21. The van der Waals surface area contributed by atoms with Crippen molar-refractivity contribution in [2.45, 2.75) is 32.2 Å². The number of amides is 1. The number of rotatable bonds is 7. The van der Waals surface area contributed by atoms with E-state index in [0.29, 0.717) is 0 Å². The number of hydrogen-bond donors (Lipinski definition) is 3. The van der Waals surface area contributed by atoms with Crippen molar-refractivity contribution in [2.75, 3.05) is 0 Å². The van der Waals surface area contributed by atoms with E-state index >= 15 is 0 Å². The molecule has 1 rings (SSSR count). The largest absolute Gasteiger partial charge is 0.481 e. The maximum absolute atomic E-state index is 12.0. The van der Waals surface area contributed by atoms with E-state index in [-0.39, 0.29) is 29.8 Å². The molecule has 0 saturated carbocycles. The quantitative estimate of drug-likeness (QED) is 0.715. The molecule has 0 saturated heterocycles. The van der Waals surface area contributed by atoms with Crippen molar-refractivity contribution in [2.24, 2.45) is 0 Å². The molecular formula is C14H16ClNO5. The molecule has 6 nitrogen and oxygen atoms in total. The lowest BCUT2D eigenvalue weighted by Gasteiger charge is -2.14. The molecule has 1 aromatic rings. The average molecular weight is 314 g/mol. The van der Waals surface area contributed by atoms with Crippen LogP contribution in [-0.2, 0) is 9.59 Å². The van der Waals surface area contributed by atoms with Crippen LogP contribution >= 0.6 is 11.6 Å². The van der Waals surface area contributed by atoms with Crippen LogP contribution in [0.1, 0.15) is 35.2 Å². The molecule has 114 valence electrons. The fraction of sp³-hybridized carbons (Fsp3) is 0.357. The van der Waals surface area contributed by atoms with Crippen LogP contribution < -0.4 is 5.32 Å². The summed E-state index contributed by atoms with van der Waals surface area (Å²) in [6.07, 6.45) is 0.0516. The van der Waals surface area contributed by atoms with Crippen LogP contribution in [0, 0.1) is 6.92 Å². The molecule has 0 aliphatic heterocycles. The summed E-state index contributed by atoms with van der Waals surface area (Å²) in [4.78, 5) is 33.5. The van der Waals surface area contributed by atoms with E-state index in [2.05, 4.69) is 5.32 Å². The van der Waals surface area contributed by atoms with Gasteiger partial charge in [-0.2, -0.15) is 0 Å². The Morgan fingerprint density at radius 1 is 1.29 bits per heavy atom. The van der Waals surface area contributed by atoms with Crippen molar-refractivity contribution in [3.63, 3.8) is 0 Å². The van der Waals surface area contributed by atoms with Gasteiger partial charge in [0.2, 0.25) is 0 Å². The molecule has 0 radical (unpaired) electrons. The number of hydrogen-bond acceptors (Lipinski definition) is 3. The van der Waals surface area contributed by atoms with Crippen molar-refractivity contribution >= 4 is 29.4 Å². The highest BCUT2D eigenvalue weighted by Crippen LogP contribution is 2.17. The molecule has 1 amide bonds. The minimum Gasteiger partial charge on any atom is -0.481 e. The molecule has 21 heavy (non-hydrogen) atoms. The number of benzene rings is 1. The topological polar surface area (TPSA) is 104 Å². The normalized spacial score (nSPS) is 11.7. The van der Waals surface area contributed by atoms with E-state index in [0.717, 1.165) is 5.56 Å². The number of halogens is 1. The zero-order valence-electron chi connectivity index (χ0n) is 11.4. The summed E-state index contributed by atoms with van der Waals surface area (Å²) in [7, 11) is 0. The van der Waals surface area contributed by atoms with Gasteiger partial charge in [-0.15, -0.1) is 0 Å². The molecule has 0 aliphatic carbocycles. The summed E-state index contributed by atoms with van der Waals surface area (Å²) in [5.74, 6) is -2.81. The van der Waals surface area contributed by atoms with E-state index in [1.54, 1.807) is 12.1 Å². The van der Waals surface area contributed by atoms with E-state index in [1.165, 1.54) is 6.07 Å². The van der Waals surface area contributed by atoms with Crippen LogP contribution in [0.3, 0.4) is 0 Å². The van der Waals surface area contributed by atoms with Crippen LogP contribution in [-0.4, -0.2) is 34.1 Å². The van der Waals surface area contributed by atoms with Gasteiger partial charge in [0.1, 0.15) is 6.04 Å². The predicted molar refractivity (Wildman–Crippen MR) is 76.6 cm³/mol. The monoisotopic (exact) mass is 313 g/mol. The van der Waals surface area contributed by atoms with Crippen LogP contribution in [0.4, 0.5) is 0 Å². The van der Waals surface area contributed by atoms with Gasteiger partial charge in [0.25, 0.3) is 5.91 Å². The van der Waals surface area contributed by atoms with Gasteiger partial charge in [0.05, 0.1) is 10.6 Å². The number of aliphatic carboxylic acids is 2. The second kappa shape index (κ2) is 7.64. The summed E-state index contributed by atoms with van der Waals surface area (Å²) in [5.41, 5.74) is 1.07. The Kier molecular flexibility index (Phi) is 6.17. The first-order chi connectivity index (χ1) is 9.81. The maximum Gasteiger partial charge on any atom is 0.326 e. The molecule has 1 aromatic carbocycles. The fourth-order valence-electron chi connectivity index (χ4n) is 1.76. The molecular weight excluding hydrogens is 298 g/mol. The first-order valence-corrected chi connectivity index (χ1v) is 6.70. The summed E-state index contributed by atoms with van der Waals surface area (Å²) >= 11 is 5.95. The molecule has 0 fully saturated rings. The average Bonchev–Trinajstić information content (AvgIpc) is 2.36. The molecule has 1 atom stereocenters. The third-order valence-electron chi connectivity index (χ3n) is 2.86. The maximum atomic E-state index is 12.0. The lowest BCUT2D eigenvalue weighted by molar-refractivity contribution is -0.140. The minimum absolute atomic E-state index is 0.0385. The van der Waals surface area contributed by atoms with Crippen molar-refractivity contribution < 1.29 is 24.6 Å². The van der Waals surface area contributed by atoms with E-state index in [9.17, 15) is 14.4 Å². The van der Waals surface area contributed by atoms with Crippen LogP contribution in [0.25, 0.3) is 0 Å². The third-order valence-corrected chi connectivity index (χ3v) is 3.17. The van der Waals surface area contributed by atoms with Gasteiger partial charge in [0.15, 0.2) is 0 Å². The number of nitrogens with one attached hydrogen (secondary N) is 1. The van der Waals surface area contributed by atoms with Gasteiger partial charge in [-0.1, -0.05) is 17.7 Å². The van der Waals surface area contributed by atoms with Crippen molar-refractivity contribution in [3.05, 3.63) is 34.3 Å². The van der Waals surface area contributed by atoms with Crippen LogP contribution in [0.5, 0.6) is 0 Å². The van der Waals surface area contributed by atoms with E-state index in [4.69, 9.17) is 21.8 Å². The summed E-state index contributed by atoms with van der Waals surface area (Å²) in [6, 6.07) is 3.68. The van der Waals surface area contributed by atoms with Gasteiger partial charge in [0, 0.05) is 6.42 Å². The Hall–Kier alpha value is -2.08. The van der Waals surface area contributed by atoms with Crippen LogP contribution in [0.2, 0.25) is 5.02 Å². The van der Waals surface area contributed by atoms with Crippen LogP contribution in [0.15, 0.2) is 18.2 Å². The second-order valence-corrected chi connectivity index (χ2v) is 5.04. The van der Waals surface area contributed by atoms with Crippen molar-refractivity contribution in [1.82, 2.24) is 5.32 Å². The van der Waals surface area contributed by atoms with E-state index < -0.39 is 23.9 Å². The SMILES string of the molecule is Cc1ccc(C(=O)N[C@H](CCCC(=O)O)C(=O)O)c(Cl)c1. The van der Waals surface area contributed by atoms with E-state index in [1.807, 2.05) is 6.92 Å². The Morgan fingerprint density at radius 3 is 2.48 bits per heavy atom. The fourth-order valence-corrected chi connectivity index (χ4v) is 2.08. The molecule has 0 aliphatic rings. The minimum atomic E-state index is -1.21.